The van der Waals surface area contributed by atoms with Crippen molar-refractivity contribution < 1.29 is 0 Å². The molecular formula is C15H13BrCl2. The highest BCUT2D eigenvalue weighted by molar-refractivity contribution is 9.09. The van der Waals surface area contributed by atoms with Crippen LogP contribution >= 0.6 is 39.1 Å². The van der Waals surface area contributed by atoms with Crippen LogP contribution in [0.4, 0.5) is 0 Å². The van der Waals surface area contributed by atoms with Gasteiger partial charge in [0.15, 0.2) is 0 Å². The molecule has 0 aliphatic heterocycles. The average Bonchev–Trinajstić information content (AvgIpc) is 2.39. The van der Waals surface area contributed by atoms with E-state index in [9.17, 15) is 0 Å². The van der Waals surface area contributed by atoms with Gasteiger partial charge < -0.3 is 0 Å². The van der Waals surface area contributed by atoms with E-state index >= 15 is 0 Å². The topological polar surface area (TPSA) is 0 Å². The molecule has 0 bridgehead atoms. The Bertz CT molecular complexity index is 508. The number of rotatable bonds is 4. The highest BCUT2D eigenvalue weighted by Crippen LogP contribution is 2.27. The second kappa shape index (κ2) is 6.60. The van der Waals surface area contributed by atoms with E-state index in [1.54, 1.807) is 0 Å². The number of hydrogen-bond acceptors (Lipinski definition) is 0. The molecule has 0 heterocycles. The Morgan fingerprint density at radius 1 is 0.944 bits per heavy atom. The first-order chi connectivity index (χ1) is 8.70. The molecule has 1 unspecified atom stereocenters. The third-order valence-electron chi connectivity index (χ3n) is 2.95. The second-order valence-electron chi connectivity index (χ2n) is 4.20. The molecule has 0 spiro atoms. The predicted octanol–water partition coefficient (Wildman–Crippen LogP) is 5.71. The van der Waals surface area contributed by atoms with Gasteiger partial charge in [0, 0.05) is 15.4 Å². The molecule has 18 heavy (non-hydrogen) atoms. The van der Waals surface area contributed by atoms with Gasteiger partial charge in [-0.3, -0.25) is 0 Å². The Labute approximate surface area is 126 Å². The first-order valence-corrected chi connectivity index (χ1v) is 7.63. The van der Waals surface area contributed by atoms with E-state index in [0.717, 1.165) is 21.8 Å². The minimum Gasteiger partial charge on any atom is -0.0921 e. The lowest BCUT2D eigenvalue weighted by Crippen LogP contribution is -2.04. The number of halogens is 3. The molecule has 0 nitrogen and oxygen atoms in total. The summed E-state index contributed by atoms with van der Waals surface area (Å²) in [6.45, 7) is 0. The quantitative estimate of drug-likeness (QED) is 0.623. The van der Waals surface area contributed by atoms with Crippen LogP contribution in [0.25, 0.3) is 0 Å². The van der Waals surface area contributed by atoms with Crippen LogP contribution in [0, 0.1) is 0 Å². The van der Waals surface area contributed by atoms with E-state index in [-0.39, 0.29) is 0 Å². The lowest BCUT2D eigenvalue weighted by molar-refractivity contribution is 0.776. The Balaban J connectivity index is 2.20. The Morgan fingerprint density at radius 2 is 1.61 bits per heavy atom. The summed E-state index contributed by atoms with van der Waals surface area (Å²) in [4.78, 5) is 0. The molecule has 94 valence electrons. The van der Waals surface area contributed by atoms with Crippen LogP contribution in [-0.4, -0.2) is 5.33 Å². The van der Waals surface area contributed by atoms with Crippen molar-refractivity contribution in [1.82, 2.24) is 0 Å². The summed E-state index contributed by atoms with van der Waals surface area (Å²) < 4.78 is 0. The fraction of sp³-hybridized carbons (Fsp3) is 0.200. The molecule has 0 N–H and O–H groups in total. The van der Waals surface area contributed by atoms with Crippen LogP contribution in [0.2, 0.25) is 10.0 Å². The van der Waals surface area contributed by atoms with E-state index in [1.165, 1.54) is 11.1 Å². The lowest BCUT2D eigenvalue weighted by Gasteiger charge is -2.15. The molecule has 3 heteroatoms. The van der Waals surface area contributed by atoms with Crippen LogP contribution in [-0.2, 0) is 6.42 Å². The minimum atomic E-state index is 0.405. The summed E-state index contributed by atoms with van der Waals surface area (Å²) in [5, 5.41) is 2.50. The van der Waals surface area contributed by atoms with Gasteiger partial charge in [-0.05, 0) is 41.7 Å². The summed E-state index contributed by atoms with van der Waals surface area (Å²) in [6, 6.07) is 16.0. The Hall–Kier alpha value is -0.500. The molecule has 0 radical (unpaired) electrons. The number of alkyl halides is 1. The van der Waals surface area contributed by atoms with Crippen LogP contribution in [0.5, 0.6) is 0 Å². The normalized spacial score (nSPS) is 12.4. The fourth-order valence-corrected chi connectivity index (χ4v) is 2.87. The van der Waals surface area contributed by atoms with Crippen molar-refractivity contribution in [2.45, 2.75) is 12.3 Å². The van der Waals surface area contributed by atoms with E-state index in [4.69, 9.17) is 23.2 Å². The van der Waals surface area contributed by atoms with Crippen molar-refractivity contribution in [1.29, 1.82) is 0 Å². The second-order valence-corrected chi connectivity index (χ2v) is 5.69. The van der Waals surface area contributed by atoms with Crippen LogP contribution in [0.15, 0.2) is 48.5 Å². The maximum atomic E-state index is 6.20. The summed E-state index contributed by atoms with van der Waals surface area (Å²) in [5.41, 5.74) is 2.45. The molecular weight excluding hydrogens is 331 g/mol. The van der Waals surface area contributed by atoms with Crippen LogP contribution in [0.3, 0.4) is 0 Å². The molecule has 0 saturated carbocycles. The standard InChI is InChI=1S/C15H13BrCl2/c16-10-13(11-5-7-14(17)8-6-11)9-12-3-1-2-4-15(12)18/h1-8,13H,9-10H2. The average molecular weight is 344 g/mol. The molecule has 0 fully saturated rings. The highest BCUT2D eigenvalue weighted by atomic mass is 79.9. The molecule has 0 aliphatic carbocycles. The third-order valence-corrected chi connectivity index (χ3v) is 4.35. The molecule has 0 amide bonds. The van der Waals surface area contributed by atoms with E-state index in [2.05, 4.69) is 34.1 Å². The monoisotopic (exact) mass is 342 g/mol. The third kappa shape index (κ3) is 3.50. The predicted molar refractivity (Wildman–Crippen MR) is 83.1 cm³/mol. The van der Waals surface area contributed by atoms with Gasteiger partial charge in [0.1, 0.15) is 0 Å². The minimum absolute atomic E-state index is 0.405. The van der Waals surface area contributed by atoms with Gasteiger partial charge in [-0.25, -0.2) is 0 Å². The van der Waals surface area contributed by atoms with Crippen molar-refractivity contribution in [3.63, 3.8) is 0 Å². The lowest BCUT2D eigenvalue weighted by atomic mass is 9.94. The van der Waals surface area contributed by atoms with Crippen molar-refractivity contribution in [2.75, 3.05) is 5.33 Å². The first-order valence-electron chi connectivity index (χ1n) is 5.75. The maximum Gasteiger partial charge on any atom is 0.0438 e. The zero-order valence-electron chi connectivity index (χ0n) is 9.74. The van der Waals surface area contributed by atoms with Crippen molar-refractivity contribution in [3.8, 4) is 0 Å². The highest BCUT2D eigenvalue weighted by Gasteiger charge is 2.12. The van der Waals surface area contributed by atoms with Crippen molar-refractivity contribution in [3.05, 3.63) is 69.7 Å². The SMILES string of the molecule is Clc1ccc(C(CBr)Cc2ccccc2Cl)cc1. The molecule has 0 aliphatic rings. The van der Waals surface area contributed by atoms with Crippen molar-refractivity contribution >= 4 is 39.1 Å². The van der Waals surface area contributed by atoms with Gasteiger partial charge >= 0.3 is 0 Å². The number of benzene rings is 2. The van der Waals surface area contributed by atoms with Gasteiger partial charge in [-0.15, -0.1) is 0 Å². The fourth-order valence-electron chi connectivity index (χ4n) is 1.93. The largest absolute Gasteiger partial charge is 0.0921 e. The molecule has 2 aromatic carbocycles. The summed E-state index contributed by atoms with van der Waals surface area (Å²) in [7, 11) is 0. The van der Waals surface area contributed by atoms with Gasteiger partial charge in [0.05, 0.1) is 0 Å². The van der Waals surface area contributed by atoms with Gasteiger partial charge in [0.25, 0.3) is 0 Å². The molecule has 2 aromatic rings. The van der Waals surface area contributed by atoms with E-state index in [0.29, 0.717) is 5.92 Å². The summed E-state index contributed by atoms with van der Waals surface area (Å²) >= 11 is 15.7. The van der Waals surface area contributed by atoms with Gasteiger partial charge in [-0.1, -0.05) is 69.5 Å². The zero-order valence-corrected chi connectivity index (χ0v) is 12.8. The first kappa shape index (κ1) is 13.9. The zero-order chi connectivity index (χ0) is 13.0. The van der Waals surface area contributed by atoms with Gasteiger partial charge in [-0.2, -0.15) is 0 Å². The summed E-state index contributed by atoms with van der Waals surface area (Å²) in [6.07, 6.45) is 0.923. The molecule has 2 rings (SSSR count). The molecule has 0 saturated heterocycles. The van der Waals surface area contributed by atoms with Crippen molar-refractivity contribution in [2.24, 2.45) is 0 Å². The summed E-state index contributed by atoms with van der Waals surface area (Å²) in [5.74, 6) is 0.405. The Morgan fingerprint density at radius 3 is 2.22 bits per heavy atom. The smallest absolute Gasteiger partial charge is 0.0438 e. The van der Waals surface area contributed by atoms with E-state index in [1.807, 2.05) is 30.3 Å². The molecule has 1 atom stereocenters. The maximum absolute atomic E-state index is 6.20. The number of hydrogen-bond donors (Lipinski definition) is 0. The Kier molecular flexibility index (Phi) is 5.11. The van der Waals surface area contributed by atoms with Crippen LogP contribution in [0.1, 0.15) is 17.0 Å². The van der Waals surface area contributed by atoms with Gasteiger partial charge in [0.2, 0.25) is 0 Å². The van der Waals surface area contributed by atoms with Crippen LogP contribution < -0.4 is 0 Å². The van der Waals surface area contributed by atoms with E-state index < -0.39 is 0 Å². The molecule has 0 aromatic heterocycles.